The molecule has 0 aliphatic carbocycles. The Morgan fingerprint density at radius 3 is 3.05 bits per heavy atom. The number of urea groups is 1. The summed E-state index contributed by atoms with van der Waals surface area (Å²) >= 11 is 1.68. The summed E-state index contributed by atoms with van der Waals surface area (Å²) in [6.45, 7) is 6.49. The van der Waals surface area contributed by atoms with Gasteiger partial charge in [0.1, 0.15) is 0 Å². The van der Waals surface area contributed by atoms with E-state index in [1.54, 1.807) is 17.5 Å². The SMILES string of the molecule is Cc1cscc1CNC(=O)N1CC[C@@H](C)[C@@H](n2ccnc2)C1. The summed E-state index contributed by atoms with van der Waals surface area (Å²) < 4.78 is 2.12. The average Bonchev–Trinajstić information content (AvgIpc) is 3.17. The summed E-state index contributed by atoms with van der Waals surface area (Å²) in [5.41, 5.74) is 2.45. The van der Waals surface area contributed by atoms with Gasteiger partial charge in [-0.15, -0.1) is 0 Å². The van der Waals surface area contributed by atoms with Crippen LogP contribution in [0, 0.1) is 12.8 Å². The minimum Gasteiger partial charge on any atom is -0.334 e. The van der Waals surface area contributed by atoms with Gasteiger partial charge in [-0.25, -0.2) is 9.78 Å². The molecule has 3 rings (SSSR count). The summed E-state index contributed by atoms with van der Waals surface area (Å²) in [4.78, 5) is 18.5. The van der Waals surface area contributed by atoms with E-state index in [0.29, 0.717) is 18.5 Å². The maximum atomic E-state index is 12.4. The van der Waals surface area contributed by atoms with E-state index in [-0.39, 0.29) is 6.03 Å². The summed E-state index contributed by atoms with van der Waals surface area (Å²) in [5, 5.41) is 7.25. The number of hydrogen-bond donors (Lipinski definition) is 1. The lowest BCUT2D eigenvalue weighted by atomic mass is 9.93. The van der Waals surface area contributed by atoms with Crippen LogP contribution in [0.4, 0.5) is 4.79 Å². The van der Waals surface area contributed by atoms with Crippen molar-refractivity contribution in [2.45, 2.75) is 32.9 Å². The molecule has 1 aliphatic heterocycles. The molecule has 0 saturated carbocycles. The fraction of sp³-hybridized carbons (Fsp3) is 0.500. The monoisotopic (exact) mass is 318 g/mol. The fourth-order valence-corrected chi connectivity index (χ4v) is 3.79. The van der Waals surface area contributed by atoms with Crippen molar-refractivity contribution in [1.29, 1.82) is 0 Å². The first kappa shape index (κ1) is 15.1. The number of likely N-dealkylation sites (tertiary alicyclic amines) is 1. The van der Waals surface area contributed by atoms with Crippen molar-refractivity contribution in [3.05, 3.63) is 40.6 Å². The molecule has 6 heteroatoms. The van der Waals surface area contributed by atoms with Gasteiger partial charge in [0.25, 0.3) is 0 Å². The van der Waals surface area contributed by atoms with E-state index in [4.69, 9.17) is 0 Å². The van der Waals surface area contributed by atoms with Crippen molar-refractivity contribution in [3.63, 3.8) is 0 Å². The predicted molar refractivity (Wildman–Crippen MR) is 87.9 cm³/mol. The molecule has 0 spiro atoms. The van der Waals surface area contributed by atoms with Gasteiger partial charge in [0.15, 0.2) is 0 Å². The normalized spacial score (nSPS) is 21.8. The maximum Gasteiger partial charge on any atom is 0.317 e. The Morgan fingerprint density at radius 1 is 1.50 bits per heavy atom. The molecule has 1 aliphatic rings. The zero-order valence-corrected chi connectivity index (χ0v) is 13.8. The average molecular weight is 318 g/mol. The second-order valence-corrected chi connectivity index (χ2v) is 6.77. The van der Waals surface area contributed by atoms with Crippen LogP contribution >= 0.6 is 11.3 Å². The molecule has 2 aromatic rings. The number of thiophene rings is 1. The van der Waals surface area contributed by atoms with Crippen LogP contribution in [0.25, 0.3) is 0 Å². The van der Waals surface area contributed by atoms with Gasteiger partial charge >= 0.3 is 6.03 Å². The van der Waals surface area contributed by atoms with Crippen molar-refractivity contribution in [1.82, 2.24) is 19.8 Å². The number of nitrogens with zero attached hydrogens (tertiary/aromatic N) is 3. The Labute approximate surface area is 135 Å². The maximum absolute atomic E-state index is 12.4. The summed E-state index contributed by atoms with van der Waals surface area (Å²) in [6.07, 6.45) is 6.65. The zero-order valence-electron chi connectivity index (χ0n) is 13.0. The smallest absolute Gasteiger partial charge is 0.317 e. The lowest BCUT2D eigenvalue weighted by molar-refractivity contribution is 0.140. The highest BCUT2D eigenvalue weighted by Gasteiger charge is 2.29. The molecule has 0 unspecified atom stereocenters. The Balaban J connectivity index is 1.60. The number of hydrogen-bond acceptors (Lipinski definition) is 3. The molecular formula is C16H22N4OS. The molecule has 3 heterocycles. The van der Waals surface area contributed by atoms with Crippen LogP contribution in [0.5, 0.6) is 0 Å². The highest BCUT2D eigenvalue weighted by molar-refractivity contribution is 7.08. The number of piperidine rings is 1. The molecule has 5 nitrogen and oxygen atoms in total. The van der Waals surface area contributed by atoms with Crippen LogP contribution in [-0.4, -0.2) is 33.6 Å². The molecule has 0 radical (unpaired) electrons. The Bertz CT molecular complexity index is 622. The standard InChI is InChI=1S/C16H22N4OS/c1-12-3-5-19(8-15(12)20-6-4-17-11-20)16(21)18-7-14-10-22-9-13(14)2/h4,6,9-12,15H,3,5,7-8H2,1-2H3,(H,18,21)/t12-,15+/m1/s1. The first-order chi connectivity index (χ1) is 10.6. The van der Waals surface area contributed by atoms with Gasteiger partial charge < -0.3 is 14.8 Å². The van der Waals surface area contributed by atoms with E-state index < -0.39 is 0 Å². The first-order valence-electron chi connectivity index (χ1n) is 7.67. The van der Waals surface area contributed by atoms with Gasteiger partial charge in [0.05, 0.1) is 12.4 Å². The lowest BCUT2D eigenvalue weighted by Gasteiger charge is -2.37. The van der Waals surface area contributed by atoms with E-state index in [1.807, 2.05) is 17.4 Å². The van der Waals surface area contributed by atoms with Gasteiger partial charge in [0.2, 0.25) is 0 Å². The Hall–Kier alpha value is -1.82. The molecular weight excluding hydrogens is 296 g/mol. The number of amides is 2. The van der Waals surface area contributed by atoms with Crippen LogP contribution in [-0.2, 0) is 6.54 Å². The number of carbonyl (C=O) groups excluding carboxylic acids is 1. The van der Waals surface area contributed by atoms with E-state index in [2.05, 4.69) is 39.5 Å². The number of nitrogens with one attached hydrogen (secondary N) is 1. The summed E-state index contributed by atoms with van der Waals surface area (Å²) in [6, 6.07) is 0.340. The third kappa shape index (κ3) is 3.16. The number of carbonyl (C=O) groups is 1. The van der Waals surface area contributed by atoms with E-state index in [9.17, 15) is 4.79 Å². The van der Waals surface area contributed by atoms with Crippen LogP contribution < -0.4 is 5.32 Å². The molecule has 1 fully saturated rings. The number of imidazole rings is 1. The largest absolute Gasteiger partial charge is 0.334 e. The van der Waals surface area contributed by atoms with Crippen molar-refractivity contribution in [2.75, 3.05) is 13.1 Å². The zero-order chi connectivity index (χ0) is 15.5. The molecule has 22 heavy (non-hydrogen) atoms. The third-order valence-electron chi connectivity index (χ3n) is 4.51. The van der Waals surface area contributed by atoms with Gasteiger partial charge in [-0.1, -0.05) is 6.92 Å². The number of aromatic nitrogens is 2. The van der Waals surface area contributed by atoms with Crippen LogP contribution in [0.1, 0.15) is 30.5 Å². The molecule has 2 amide bonds. The molecule has 2 aromatic heterocycles. The van der Waals surface area contributed by atoms with Crippen LogP contribution in [0.3, 0.4) is 0 Å². The van der Waals surface area contributed by atoms with E-state index in [0.717, 1.165) is 19.5 Å². The number of rotatable bonds is 3. The quantitative estimate of drug-likeness (QED) is 0.945. The first-order valence-corrected chi connectivity index (χ1v) is 8.61. The van der Waals surface area contributed by atoms with E-state index in [1.165, 1.54) is 11.1 Å². The number of aryl methyl sites for hydroxylation is 1. The van der Waals surface area contributed by atoms with Crippen molar-refractivity contribution in [2.24, 2.45) is 5.92 Å². The van der Waals surface area contributed by atoms with Crippen molar-refractivity contribution >= 4 is 17.4 Å². The molecule has 2 atom stereocenters. The molecule has 0 aromatic carbocycles. The second-order valence-electron chi connectivity index (χ2n) is 6.03. The van der Waals surface area contributed by atoms with Crippen LogP contribution in [0.15, 0.2) is 29.5 Å². The Kier molecular flexibility index (Phi) is 4.47. The highest BCUT2D eigenvalue weighted by atomic mass is 32.1. The lowest BCUT2D eigenvalue weighted by Crippen LogP contribution is -2.47. The second kappa shape index (κ2) is 6.52. The topological polar surface area (TPSA) is 50.2 Å². The van der Waals surface area contributed by atoms with Crippen molar-refractivity contribution in [3.8, 4) is 0 Å². The Morgan fingerprint density at radius 2 is 2.36 bits per heavy atom. The molecule has 0 bridgehead atoms. The third-order valence-corrected chi connectivity index (χ3v) is 5.42. The molecule has 1 N–H and O–H groups in total. The van der Waals surface area contributed by atoms with Gasteiger partial charge in [-0.3, -0.25) is 0 Å². The van der Waals surface area contributed by atoms with Gasteiger partial charge in [0, 0.05) is 32.0 Å². The van der Waals surface area contributed by atoms with E-state index >= 15 is 0 Å². The minimum absolute atomic E-state index is 0.0302. The predicted octanol–water partition coefficient (Wildman–Crippen LogP) is 3.05. The minimum atomic E-state index is 0.0302. The summed E-state index contributed by atoms with van der Waals surface area (Å²) in [5.74, 6) is 0.553. The van der Waals surface area contributed by atoms with Gasteiger partial charge in [-0.2, -0.15) is 11.3 Å². The van der Waals surface area contributed by atoms with Crippen molar-refractivity contribution < 1.29 is 4.79 Å². The van der Waals surface area contributed by atoms with Gasteiger partial charge in [-0.05, 0) is 41.1 Å². The fourth-order valence-electron chi connectivity index (χ4n) is 2.94. The molecule has 1 saturated heterocycles. The highest BCUT2D eigenvalue weighted by Crippen LogP contribution is 2.27. The summed E-state index contributed by atoms with van der Waals surface area (Å²) in [7, 11) is 0. The molecule has 118 valence electrons. The van der Waals surface area contributed by atoms with Crippen LogP contribution in [0.2, 0.25) is 0 Å².